The van der Waals surface area contributed by atoms with Crippen molar-refractivity contribution in [2.24, 2.45) is 11.3 Å². The highest BCUT2D eigenvalue weighted by atomic mass is 14.3. The van der Waals surface area contributed by atoms with Crippen LogP contribution < -0.4 is 0 Å². The monoisotopic (exact) mass is 124 g/mol. The predicted molar refractivity (Wildman–Crippen MR) is 41.3 cm³/mol. The molecule has 9 heavy (non-hydrogen) atoms. The van der Waals surface area contributed by atoms with E-state index in [1.54, 1.807) is 0 Å². The van der Waals surface area contributed by atoms with Crippen LogP contribution in [0.15, 0.2) is 12.2 Å². The van der Waals surface area contributed by atoms with Gasteiger partial charge in [-0.05, 0) is 24.2 Å². The van der Waals surface area contributed by atoms with Crippen molar-refractivity contribution in [3.63, 3.8) is 0 Å². The molecule has 0 bridgehead atoms. The molecule has 0 fully saturated rings. The molecule has 0 N–H and O–H groups in total. The van der Waals surface area contributed by atoms with E-state index in [4.69, 9.17) is 0 Å². The molecule has 0 aromatic rings. The van der Waals surface area contributed by atoms with E-state index in [2.05, 4.69) is 32.9 Å². The van der Waals surface area contributed by atoms with E-state index in [-0.39, 0.29) is 0 Å². The minimum Gasteiger partial charge on any atom is -0.0877 e. The van der Waals surface area contributed by atoms with E-state index in [0.717, 1.165) is 5.92 Å². The van der Waals surface area contributed by atoms with Crippen molar-refractivity contribution in [1.82, 2.24) is 0 Å². The van der Waals surface area contributed by atoms with Crippen LogP contribution in [0.4, 0.5) is 0 Å². The highest BCUT2D eigenvalue weighted by molar-refractivity contribution is 4.97. The largest absolute Gasteiger partial charge is 0.0877 e. The van der Waals surface area contributed by atoms with Crippen molar-refractivity contribution in [3.05, 3.63) is 12.2 Å². The normalized spacial score (nSPS) is 32.6. The Hall–Kier alpha value is -0.260. The van der Waals surface area contributed by atoms with Gasteiger partial charge in [-0.2, -0.15) is 0 Å². The SMILES string of the molecule is C[C@H]1C=CCC(C)(C)C1. The van der Waals surface area contributed by atoms with E-state index < -0.39 is 0 Å². The lowest BCUT2D eigenvalue weighted by atomic mass is 9.77. The summed E-state index contributed by atoms with van der Waals surface area (Å²) in [7, 11) is 0. The Labute approximate surface area is 58.0 Å². The maximum atomic E-state index is 2.34. The molecule has 0 nitrogen and oxygen atoms in total. The molecule has 0 aromatic carbocycles. The molecule has 0 saturated heterocycles. The van der Waals surface area contributed by atoms with Crippen molar-refractivity contribution in [1.29, 1.82) is 0 Å². The summed E-state index contributed by atoms with van der Waals surface area (Å²) < 4.78 is 0. The third kappa shape index (κ3) is 1.85. The van der Waals surface area contributed by atoms with E-state index >= 15 is 0 Å². The lowest BCUT2D eigenvalue weighted by Crippen LogP contribution is -2.16. The molecule has 1 aliphatic rings. The van der Waals surface area contributed by atoms with E-state index in [1.165, 1.54) is 12.8 Å². The molecule has 1 aliphatic carbocycles. The van der Waals surface area contributed by atoms with Crippen LogP contribution >= 0.6 is 0 Å². The second-order valence-electron chi connectivity index (χ2n) is 3.98. The van der Waals surface area contributed by atoms with E-state index in [9.17, 15) is 0 Å². The van der Waals surface area contributed by atoms with Gasteiger partial charge in [-0.25, -0.2) is 0 Å². The highest BCUT2D eigenvalue weighted by Gasteiger charge is 2.21. The topological polar surface area (TPSA) is 0 Å². The van der Waals surface area contributed by atoms with Gasteiger partial charge in [0.15, 0.2) is 0 Å². The first-order chi connectivity index (χ1) is 4.10. The number of rotatable bonds is 0. The molecular weight excluding hydrogens is 108 g/mol. The number of allylic oxidation sites excluding steroid dienone is 2. The van der Waals surface area contributed by atoms with Gasteiger partial charge in [-0.1, -0.05) is 32.9 Å². The number of hydrogen-bond donors (Lipinski definition) is 0. The third-order valence-electron chi connectivity index (χ3n) is 2.01. The standard InChI is InChI=1S/C9H16/c1-8-5-4-6-9(2,3)7-8/h4-5,8H,6-7H2,1-3H3/t8-/m0/s1. The van der Waals surface area contributed by atoms with Crippen molar-refractivity contribution in [3.8, 4) is 0 Å². The summed E-state index contributed by atoms with van der Waals surface area (Å²) in [6.45, 7) is 6.97. The lowest BCUT2D eigenvalue weighted by molar-refractivity contribution is 0.289. The Morgan fingerprint density at radius 2 is 2.11 bits per heavy atom. The van der Waals surface area contributed by atoms with Crippen molar-refractivity contribution in [2.75, 3.05) is 0 Å². The molecule has 0 saturated carbocycles. The fourth-order valence-electron chi connectivity index (χ4n) is 1.64. The lowest BCUT2D eigenvalue weighted by Gasteiger charge is -2.29. The highest BCUT2D eigenvalue weighted by Crippen LogP contribution is 2.33. The average Bonchev–Trinajstić information content (AvgIpc) is 1.60. The Kier molecular flexibility index (Phi) is 1.65. The first kappa shape index (κ1) is 6.85. The van der Waals surface area contributed by atoms with Gasteiger partial charge in [0.05, 0.1) is 0 Å². The van der Waals surface area contributed by atoms with Crippen LogP contribution in [0.1, 0.15) is 33.6 Å². The molecule has 0 heteroatoms. The minimum atomic E-state index is 0.564. The summed E-state index contributed by atoms with van der Waals surface area (Å²) in [5, 5.41) is 0. The second kappa shape index (κ2) is 2.17. The molecule has 1 rings (SSSR count). The van der Waals surface area contributed by atoms with Crippen LogP contribution in [0.2, 0.25) is 0 Å². The van der Waals surface area contributed by atoms with Crippen molar-refractivity contribution < 1.29 is 0 Å². The first-order valence-corrected chi connectivity index (χ1v) is 3.77. The van der Waals surface area contributed by atoms with Gasteiger partial charge in [0.1, 0.15) is 0 Å². The molecule has 0 radical (unpaired) electrons. The second-order valence-corrected chi connectivity index (χ2v) is 3.98. The summed E-state index contributed by atoms with van der Waals surface area (Å²) >= 11 is 0. The zero-order valence-corrected chi connectivity index (χ0v) is 6.65. The number of hydrogen-bond acceptors (Lipinski definition) is 0. The Bertz CT molecular complexity index is 120. The van der Waals surface area contributed by atoms with Gasteiger partial charge in [0.25, 0.3) is 0 Å². The third-order valence-corrected chi connectivity index (χ3v) is 2.01. The van der Waals surface area contributed by atoms with Gasteiger partial charge in [-0.3, -0.25) is 0 Å². The van der Waals surface area contributed by atoms with Crippen molar-refractivity contribution >= 4 is 0 Å². The quantitative estimate of drug-likeness (QED) is 0.435. The van der Waals surface area contributed by atoms with Crippen LogP contribution in [-0.2, 0) is 0 Å². The Morgan fingerprint density at radius 3 is 2.44 bits per heavy atom. The molecule has 0 heterocycles. The molecule has 1 atom stereocenters. The van der Waals surface area contributed by atoms with Gasteiger partial charge < -0.3 is 0 Å². The predicted octanol–water partition coefficient (Wildman–Crippen LogP) is 3.00. The summed E-state index contributed by atoms with van der Waals surface area (Å²) in [4.78, 5) is 0. The smallest absolute Gasteiger partial charge is 0.0257 e. The van der Waals surface area contributed by atoms with Gasteiger partial charge in [0, 0.05) is 0 Å². The molecule has 0 aromatic heterocycles. The maximum Gasteiger partial charge on any atom is -0.0257 e. The summed E-state index contributed by atoms with van der Waals surface area (Å²) in [6, 6.07) is 0. The maximum absolute atomic E-state index is 2.34. The summed E-state index contributed by atoms with van der Waals surface area (Å²) in [5.41, 5.74) is 0.564. The van der Waals surface area contributed by atoms with Gasteiger partial charge in [-0.15, -0.1) is 0 Å². The molecule has 0 aliphatic heterocycles. The average molecular weight is 124 g/mol. The molecular formula is C9H16. The van der Waals surface area contributed by atoms with E-state index in [0.29, 0.717) is 5.41 Å². The molecule has 0 spiro atoms. The first-order valence-electron chi connectivity index (χ1n) is 3.77. The molecule has 52 valence electrons. The Balaban J connectivity index is 2.58. The zero-order valence-electron chi connectivity index (χ0n) is 6.65. The van der Waals surface area contributed by atoms with Crippen LogP contribution in [0.25, 0.3) is 0 Å². The van der Waals surface area contributed by atoms with Crippen LogP contribution in [0, 0.1) is 11.3 Å². The van der Waals surface area contributed by atoms with Crippen LogP contribution in [0.5, 0.6) is 0 Å². The minimum absolute atomic E-state index is 0.564. The van der Waals surface area contributed by atoms with Gasteiger partial charge >= 0.3 is 0 Å². The molecule has 0 unspecified atom stereocenters. The van der Waals surface area contributed by atoms with Crippen molar-refractivity contribution in [2.45, 2.75) is 33.6 Å². The Morgan fingerprint density at radius 1 is 1.44 bits per heavy atom. The summed E-state index contributed by atoms with van der Waals surface area (Å²) in [5.74, 6) is 0.800. The summed E-state index contributed by atoms with van der Waals surface area (Å²) in [6.07, 6.45) is 7.25. The molecule has 0 amide bonds. The van der Waals surface area contributed by atoms with Crippen LogP contribution in [0.3, 0.4) is 0 Å². The fraction of sp³-hybridized carbons (Fsp3) is 0.778. The van der Waals surface area contributed by atoms with Crippen LogP contribution in [-0.4, -0.2) is 0 Å². The van der Waals surface area contributed by atoms with E-state index in [1.807, 2.05) is 0 Å². The van der Waals surface area contributed by atoms with Gasteiger partial charge in [0.2, 0.25) is 0 Å². The fourth-order valence-corrected chi connectivity index (χ4v) is 1.64. The zero-order chi connectivity index (χ0) is 6.91.